The van der Waals surface area contributed by atoms with E-state index in [-0.39, 0.29) is 0 Å². The smallest absolute Gasteiger partial charge is 0.0401 e. The Labute approximate surface area is 97.4 Å². The third-order valence-electron chi connectivity index (χ3n) is 3.97. The van der Waals surface area contributed by atoms with Crippen molar-refractivity contribution in [2.24, 2.45) is 11.7 Å². The molecule has 1 aliphatic heterocycles. The summed E-state index contributed by atoms with van der Waals surface area (Å²) < 4.78 is 0. The van der Waals surface area contributed by atoms with E-state index in [4.69, 9.17) is 5.73 Å². The molecule has 2 aliphatic rings. The summed E-state index contributed by atoms with van der Waals surface area (Å²) in [5.74, 6) is 0.770. The van der Waals surface area contributed by atoms with E-state index in [2.05, 4.69) is 36.1 Å². The first-order chi connectivity index (χ1) is 7.74. The van der Waals surface area contributed by atoms with Crippen LogP contribution >= 0.6 is 0 Å². The molecule has 2 N–H and O–H groups in total. The fraction of sp³-hybridized carbons (Fsp3) is 0.571. The lowest BCUT2D eigenvalue weighted by Gasteiger charge is -2.46. The molecule has 1 aromatic rings. The van der Waals surface area contributed by atoms with Gasteiger partial charge in [-0.3, -0.25) is 0 Å². The van der Waals surface area contributed by atoms with Crippen molar-refractivity contribution in [3.05, 3.63) is 29.8 Å². The second-order valence-corrected chi connectivity index (χ2v) is 5.48. The SMILES string of the molecule is CC1Cc2ccccc2N(C2CC(N)C2)C1. The summed E-state index contributed by atoms with van der Waals surface area (Å²) in [6.07, 6.45) is 3.56. The minimum absolute atomic E-state index is 0.439. The van der Waals surface area contributed by atoms with Crippen molar-refractivity contribution < 1.29 is 0 Å². The van der Waals surface area contributed by atoms with Gasteiger partial charge < -0.3 is 10.6 Å². The van der Waals surface area contributed by atoms with Crippen LogP contribution in [0.15, 0.2) is 24.3 Å². The number of hydrogen-bond donors (Lipinski definition) is 1. The van der Waals surface area contributed by atoms with Gasteiger partial charge in [-0.2, -0.15) is 0 Å². The van der Waals surface area contributed by atoms with E-state index in [0.717, 1.165) is 5.92 Å². The molecular formula is C14H20N2. The molecule has 0 radical (unpaired) electrons. The number of para-hydroxylation sites is 1. The van der Waals surface area contributed by atoms with E-state index in [1.165, 1.54) is 37.1 Å². The van der Waals surface area contributed by atoms with Crippen molar-refractivity contribution in [3.8, 4) is 0 Å². The van der Waals surface area contributed by atoms with Crippen molar-refractivity contribution in [1.82, 2.24) is 0 Å². The zero-order valence-electron chi connectivity index (χ0n) is 9.89. The average Bonchev–Trinajstić information content (AvgIpc) is 2.24. The van der Waals surface area contributed by atoms with Crippen molar-refractivity contribution >= 4 is 5.69 Å². The maximum Gasteiger partial charge on any atom is 0.0401 e. The number of nitrogens with two attached hydrogens (primary N) is 1. The van der Waals surface area contributed by atoms with Crippen molar-refractivity contribution in [2.75, 3.05) is 11.4 Å². The first-order valence-electron chi connectivity index (χ1n) is 6.34. The van der Waals surface area contributed by atoms with E-state index in [1.807, 2.05) is 0 Å². The summed E-state index contributed by atoms with van der Waals surface area (Å²) >= 11 is 0. The molecule has 3 rings (SSSR count). The molecule has 2 nitrogen and oxygen atoms in total. The molecule has 0 amide bonds. The predicted octanol–water partition coefficient (Wildman–Crippen LogP) is 2.17. The summed E-state index contributed by atoms with van der Waals surface area (Å²) in [4.78, 5) is 2.59. The lowest BCUT2D eigenvalue weighted by atomic mass is 9.83. The Morgan fingerprint density at radius 2 is 2.00 bits per heavy atom. The van der Waals surface area contributed by atoms with Gasteiger partial charge >= 0.3 is 0 Å². The maximum atomic E-state index is 5.90. The summed E-state index contributed by atoms with van der Waals surface area (Å²) in [5.41, 5.74) is 8.88. The Morgan fingerprint density at radius 3 is 2.75 bits per heavy atom. The molecular weight excluding hydrogens is 196 g/mol. The lowest BCUT2D eigenvalue weighted by molar-refractivity contribution is 0.313. The molecule has 1 atom stereocenters. The third-order valence-corrected chi connectivity index (χ3v) is 3.97. The highest BCUT2D eigenvalue weighted by molar-refractivity contribution is 5.57. The lowest BCUT2D eigenvalue weighted by Crippen LogP contribution is -2.53. The Balaban J connectivity index is 1.89. The Bertz CT molecular complexity index is 382. The van der Waals surface area contributed by atoms with Gasteiger partial charge in [0.05, 0.1) is 0 Å². The van der Waals surface area contributed by atoms with Gasteiger partial charge in [-0.1, -0.05) is 25.1 Å². The second-order valence-electron chi connectivity index (χ2n) is 5.48. The van der Waals surface area contributed by atoms with E-state index in [1.54, 1.807) is 0 Å². The highest BCUT2D eigenvalue weighted by atomic mass is 15.2. The quantitative estimate of drug-likeness (QED) is 0.779. The van der Waals surface area contributed by atoms with Crippen LogP contribution in [0.3, 0.4) is 0 Å². The van der Waals surface area contributed by atoms with Crippen molar-refractivity contribution in [3.63, 3.8) is 0 Å². The molecule has 2 heteroatoms. The van der Waals surface area contributed by atoms with Gasteiger partial charge in [0, 0.05) is 24.3 Å². The van der Waals surface area contributed by atoms with Crippen molar-refractivity contribution in [2.45, 2.75) is 38.3 Å². The molecule has 1 heterocycles. The molecule has 0 aromatic heterocycles. The Kier molecular flexibility index (Phi) is 2.40. The molecule has 86 valence electrons. The maximum absolute atomic E-state index is 5.90. The molecule has 1 unspecified atom stereocenters. The molecule has 0 bridgehead atoms. The first kappa shape index (κ1) is 10.2. The van der Waals surface area contributed by atoms with E-state index in [0.29, 0.717) is 12.1 Å². The van der Waals surface area contributed by atoms with Gasteiger partial charge in [-0.25, -0.2) is 0 Å². The van der Waals surface area contributed by atoms with E-state index in [9.17, 15) is 0 Å². The zero-order chi connectivity index (χ0) is 11.1. The molecule has 1 fully saturated rings. The van der Waals surface area contributed by atoms with Gasteiger partial charge in [0.1, 0.15) is 0 Å². The second kappa shape index (κ2) is 3.77. The highest BCUT2D eigenvalue weighted by Gasteiger charge is 2.34. The number of benzene rings is 1. The van der Waals surface area contributed by atoms with Crippen LogP contribution in [0.25, 0.3) is 0 Å². The topological polar surface area (TPSA) is 29.3 Å². The van der Waals surface area contributed by atoms with Gasteiger partial charge in [0.15, 0.2) is 0 Å². The monoisotopic (exact) mass is 216 g/mol. The molecule has 1 aromatic carbocycles. The van der Waals surface area contributed by atoms with Crippen LogP contribution in [0.4, 0.5) is 5.69 Å². The summed E-state index contributed by atoms with van der Waals surface area (Å²) in [6, 6.07) is 9.98. The summed E-state index contributed by atoms with van der Waals surface area (Å²) in [5, 5.41) is 0. The van der Waals surface area contributed by atoms with Gasteiger partial charge in [-0.15, -0.1) is 0 Å². The number of anilines is 1. The first-order valence-corrected chi connectivity index (χ1v) is 6.34. The van der Waals surface area contributed by atoms with Crippen molar-refractivity contribution in [1.29, 1.82) is 0 Å². The summed E-state index contributed by atoms with van der Waals surface area (Å²) in [6.45, 7) is 3.55. The van der Waals surface area contributed by atoms with E-state index >= 15 is 0 Å². The number of hydrogen-bond acceptors (Lipinski definition) is 2. The number of fused-ring (bicyclic) bond motifs is 1. The fourth-order valence-corrected chi connectivity index (χ4v) is 3.07. The Morgan fingerprint density at radius 1 is 1.25 bits per heavy atom. The minimum Gasteiger partial charge on any atom is -0.368 e. The van der Waals surface area contributed by atoms with Crippen LogP contribution in [0.2, 0.25) is 0 Å². The van der Waals surface area contributed by atoms with Gasteiger partial charge in [-0.05, 0) is 36.8 Å². The molecule has 1 saturated carbocycles. The predicted molar refractivity (Wildman–Crippen MR) is 67.7 cm³/mol. The van der Waals surface area contributed by atoms with Crippen LogP contribution < -0.4 is 10.6 Å². The van der Waals surface area contributed by atoms with Crippen LogP contribution in [0, 0.1) is 5.92 Å². The summed E-state index contributed by atoms with van der Waals surface area (Å²) in [7, 11) is 0. The number of nitrogens with zero attached hydrogens (tertiary/aromatic N) is 1. The molecule has 1 aliphatic carbocycles. The standard InChI is InChI=1S/C14H20N2/c1-10-6-11-4-2-3-5-14(11)16(9-10)13-7-12(15)8-13/h2-5,10,12-13H,6-9,15H2,1H3. The zero-order valence-corrected chi connectivity index (χ0v) is 9.89. The molecule has 0 spiro atoms. The largest absolute Gasteiger partial charge is 0.368 e. The van der Waals surface area contributed by atoms with Gasteiger partial charge in [0.25, 0.3) is 0 Å². The average molecular weight is 216 g/mol. The molecule has 0 saturated heterocycles. The number of rotatable bonds is 1. The van der Waals surface area contributed by atoms with Gasteiger partial charge in [0.2, 0.25) is 0 Å². The highest BCUT2D eigenvalue weighted by Crippen LogP contribution is 2.36. The molecule has 16 heavy (non-hydrogen) atoms. The normalized spacial score (nSPS) is 33.1. The fourth-order valence-electron chi connectivity index (χ4n) is 3.07. The third kappa shape index (κ3) is 1.61. The Hall–Kier alpha value is -1.02. The van der Waals surface area contributed by atoms with Crippen LogP contribution in [-0.2, 0) is 6.42 Å². The van der Waals surface area contributed by atoms with Crippen LogP contribution in [-0.4, -0.2) is 18.6 Å². The van der Waals surface area contributed by atoms with E-state index < -0.39 is 0 Å². The minimum atomic E-state index is 0.439. The van der Waals surface area contributed by atoms with Crippen LogP contribution in [0.5, 0.6) is 0 Å². The van der Waals surface area contributed by atoms with Crippen LogP contribution in [0.1, 0.15) is 25.3 Å².